The van der Waals surface area contributed by atoms with Crippen molar-refractivity contribution in [1.82, 2.24) is 32.8 Å². The van der Waals surface area contributed by atoms with Crippen LogP contribution in [-0.4, -0.2) is 32.8 Å². The second-order valence-electron chi connectivity index (χ2n) is 37.1. The van der Waals surface area contributed by atoms with Crippen LogP contribution in [0.15, 0.2) is 425 Å². The first-order chi connectivity index (χ1) is 65.4. The van der Waals surface area contributed by atoms with Crippen molar-refractivity contribution in [3.8, 4) is 135 Å². The van der Waals surface area contributed by atoms with Crippen molar-refractivity contribution in [3.05, 3.63) is 452 Å². The Kier molecular flexibility index (Phi) is 16.5. The molecule has 0 saturated heterocycles. The zero-order valence-electron chi connectivity index (χ0n) is 73.5. The lowest BCUT2D eigenvalue weighted by atomic mass is 9.82. The molecule has 0 saturated carbocycles. The van der Waals surface area contributed by atoms with Crippen LogP contribution in [0.3, 0.4) is 0 Å². The van der Waals surface area contributed by atoms with Crippen LogP contribution in [0.25, 0.3) is 238 Å². The lowest BCUT2D eigenvalue weighted by Crippen LogP contribution is -2.15. The minimum Gasteiger partial charge on any atom is -0.309 e. The van der Waals surface area contributed by atoms with Crippen molar-refractivity contribution in [3.63, 3.8) is 0 Å². The average Bonchev–Trinajstić information content (AvgIpc) is 1.56. The van der Waals surface area contributed by atoms with E-state index in [1.165, 1.54) is 82.5 Å². The second kappa shape index (κ2) is 28.9. The van der Waals surface area contributed by atoms with Crippen molar-refractivity contribution < 1.29 is 0 Å². The largest absolute Gasteiger partial charge is 0.309 e. The Bertz CT molecular complexity index is 9060. The molecule has 0 spiro atoms. The summed E-state index contributed by atoms with van der Waals surface area (Å²) in [6, 6.07) is 159. The smallest absolute Gasteiger partial charge is 0.235 e. The van der Waals surface area contributed by atoms with E-state index < -0.39 is 0 Å². The van der Waals surface area contributed by atoms with Crippen LogP contribution in [0.2, 0.25) is 0 Å². The third-order valence-corrected chi connectivity index (χ3v) is 29.2. The molecular formula is C125H82N8. The van der Waals surface area contributed by atoms with Gasteiger partial charge >= 0.3 is 0 Å². The van der Waals surface area contributed by atoms with E-state index in [0.717, 1.165) is 172 Å². The van der Waals surface area contributed by atoms with E-state index in [1.54, 1.807) is 0 Å². The fourth-order valence-corrected chi connectivity index (χ4v) is 22.7. The van der Waals surface area contributed by atoms with Crippen molar-refractivity contribution in [2.75, 3.05) is 0 Å². The minimum atomic E-state index is -0.156. The van der Waals surface area contributed by atoms with Crippen LogP contribution in [-0.2, 0) is 10.8 Å². The summed E-state index contributed by atoms with van der Waals surface area (Å²) in [5.41, 5.74) is 40.8. The molecule has 0 bridgehead atoms. The summed E-state index contributed by atoms with van der Waals surface area (Å²) in [5, 5.41) is 21.3. The Balaban J connectivity index is 0.647. The molecule has 25 aromatic rings. The van der Waals surface area contributed by atoms with Gasteiger partial charge in [0.2, 0.25) is 5.95 Å². The van der Waals surface area contributed by atoms with Crippen molar-refractivity contribution in [2.24, 2.45) is 0 Å². The first-order valence-corrected chi connectivity index (χ1v) is 45.9. The molecule has 0 atom stereocenters. The molecule has 8 heteroatoms. The molecule has 0 unspecified atom stereocenters. The van der Waals surface area contributed by atoms with E-state index in [2.05, 4.69) is 457 Å². The van der Waals surface area contributed by atoms with Gasteiger partial charge in [0.25, 0.3) is 0 Å². The highest BCUT2D eigenvalue weighted by atomic mass is 15.2. The lowest BCUT2D eigenvalue weighted by Gasteiger charge is -2.22. The van der Waals surface area contributed by atoms with E-state index >= 15 is 0 Å². The Hall–Kier alpha value is -17.3. The van der Waals surface area contributed by atoms with Gasteiger partial charge in [-0.2, -0.15) is 5.26 Å². The zero-order chi connectivity index (χ0) is 88.2. The maximum Gasteiger partial charge on any atom is 0.235 e. The van der Waals surface area contributed by atoms with Crippen LogP contribution in [0.1, 0.15) is 55.5 Å². The molecule has 6 heterocycles. The van der Waals surface area contributed by atoms with E-state index in [0.29, 0.717) is 11.5 Å². The number of fused-ring (bicyclic) bond motifs is 21. The Labute approximate surface area is 768 Å². The van der Waals surface area contributed by atoms with Gasteiger partial charge < -0.3 is 18.3 Å². The number of hydrogen-bond acceptors (Lipinski definition) is 3. The molecule has 6 aromatic heterocycles. The first-order valence-electron chi connectivity index (χ1n) is 45.9. The minimum absolute atomic E-state index is 0.156. The van der Waals surface area contributed by atoms with Gasteiger partial charge in [-0.25, -0.2) is 9.97 Å². The predicted octanol–water partition coefficient (Wildman–Crippen LogP) is 32.1. The van der Waals surface area contributed by atoms with E-state index in [1.807, 2.05) is 24.3 Å². The summed E-state index contributed by atoms with van der Waals surface area (Å²) < 4.78 is 12.0. The molecule has 2 aliphatic carbocycles. The number of nitriles is 1. The molecule has 622 valence electrons. The molecule has 0 radical (unpaired) electrons. The fourth-order valence-electron chi connectivity index (χ4n) is 22.7. The molecule has 0 N–H and O–H groups in total. The maximum atomic E-state index is 9.72. The van der Waals surface area contributed by atoms with Gasteiger partial charge in [0.1, 0.15) is 0 Å². The lowest BCUT2D eigenvalue weighted by molar-refractivity contribution is 0.660. The van der Waals surface area contributed by atoms with Gasteiger partial charge in [-0.15, -0.1) is 0 Å². The number of aromatic nitrogens is 7. The van der Waals surface area contributed by atoms with Crippen LogP contribution in [0.5, 0.6) is 0 Å². The molecule has 0 amide bonds. The molecule has 27 rings (SSSR count). The third kappa shape index (κ3) is 11.5. The maximum absolute atomic E-state index is 9.72. The molecule has 0 fully saturated rings. The first kappa shape index (κ1) is 75.9. The van der Waals surface area contributed by atoms with Crippen LogP contribution < -0.4 is 0 Å². The van der Waals surface area contributed by atoms with Crippen molar-refractivity contribution in [1.29, 1.82) is 5.26 Å². The predicted molar refractivity (Wildman–Crippen MR) is 552 cm³/mol. The Morgan fingerprint density at radius 1 is 0.195 bits per heavy atom. The Morgan fingerprint density at radius 2 is 0.511 bits per heavy atom. The van der Waals surface area contributed by atoms with Gasteiger partial charge in [-0.3, -0.25) is 4.57 Å². The van der Waals surface area contributed by atoms with E-state index in [4.69, 9.17) is 9.97 Å². The number of hydrogen-bond donors (Lipinski definition) is 0. The summed E-state index contributed by atoms with van der Waals surface area (Å²) in [5.74, 6) is 0.546. The van der Waals surface area contributed by atoms with Gasteiger partial charge in [0.05, 0.1) is 78.2 Å². The second-order valence-corrected chi connectivity index (χ2v) is 37.1. The standard InChI is InChI=1S/C125H82N8/c1-124(2)107-36-17-11-30-92(107)94-56-53-89(72-109(94)124)131-115-40-21-15-34-98(115)103-68-82(47-60-119(103)131)84-49-62-121-105(70-84)106-71-85(83-48-61-120-104(69-83)99-35-16-22-41-116(99)132(120)90-54-57-95-93-31-12-18-37-108(93)125(3,4)110(95)73-90)50-63-122(106)133(121)123-127-111(74-112(128-123)100-65-79(77-24-7-5-8-25-77)44-55-91(100)78-26-9-6-10-27-78)86-28-23-29-88(64-86)130-114-39-20-14-33-97(114)102-67-81(46-59-118(102)130)80-45-58-117-101(66-80)96-32-13-19-38-113(96)129(117)87-51-42-76(75-126)43-52-87/h5-74H,1-4H3. The van der Waals surface area contributed by atoms with Gasteiger partial charge in [0, 0.05) is 98.6 Å². The SMILES string of the molecule is CC1(C)c2ccccc2-c2ccc(-n3c4ccccc4c4cc(-c5ccc6c(c5)c5cc(-c7ccc8c(c7)c7ccccc7n8-c7ccc8c(c7)C(C)(C)c7ccccc7-8)ccc5n6-c5nc(-c6cccc(-n7c8ccccc8c8cc(-c9ccc%10c(c9)c9ccccc9n%10-c9ccc(C#N)cc9)ccc87)c6)cc(-c6cc(-c7ccccc7)ccc6-c6ccccc6)n5)ccc43)cc21. The molecule has 2 aliphatic rings. The summed E-state index contributed by atoms with van der Waals surface area (Å²) in [6.45, 7) is 9.47. The molecular weight excluding hydrogens is 1610 g/mol. The highest BCUT2D eigenvalue weighted by molar-refractivity contribution is 6.17. The van der Waals surface area contributed by atoms with E-state index in [-0.39, 0.29) is 10.8 Å². The highest BCUT2D eigenvalue weighted by Crippen LogP contribution is 2.53. The van der Waals surface area contributed by atoms with Gasteiger partial charge in [0.15, 0.2) is 0 Å². The molecule has 19 aromatic carbocycles. The average molecular weight is 1700 g/mol. The van der Waals surface area contributed by atoms with Crippen LogP contribution in [0.4, 0.5) is 0 Å². The molecule has 0 aliphatic heterocycles. The normalized spacial score (nSPS) is 13.1. The summed E-state index contributed by atoms with van der Waals surface area (Å²) >= 11 is 0. The van der Waals surface area contributed by atoms with E-state index in [9.17, 15) is 5.26 Å². The van der Waals surface area contributed by atoms with Crippen molar-refractivity contribution in [2.45, 2.75) is 38.5 Å². The van der Waals surface area contributed by atoms with Crippen LogP contribution in [0, 0.1) is 11.3 Å². The Morgan fingerprint density at radius 3 is 0.947 bits per heavy atom. The van der Waals surface area contributed by atoms with Crippen LogP contribution >= 0.6 is 0 Å². The molecule has 8 nitrogen and oxygen atoms in total. The number of benzene rings is 19. The fraction of sp³-hybridized carbons (Fsp3) is 0.0480. The van der Waals surface area contributed by atoms with Gasteiger partial charge in [-0.05, 0) is 270 Å². The summed E-state index contributed by atoms with van der Waals surface area (Å²) in [4.78, 5) is 11.9. The highest BCUT2D eigenvalue weighted by Gasteiger charge is 2.38. The van der Waals surface area contributed by atoms with Gasteiger partial charge in [-0.1, -0.05) is 282 Å². The molecule has 133 heavy (non-hydrogen) atoms. The third-order valence-electron chi connectivity index (χ3n) is 29.2. The zero-order valence-corrected chi connectivity index (χ0v) is 73.5. The number of nitrogens with zero attached hydrogens (tertiary/aromatic N) is 8. The number of para-hydroxylation sites is 4. The summed E-state index contributed by atoms with van der Waals surface area (Å²) in [6.07, 6.45) is 0. The quantitative estimate of drug-likeness (QED) is 0.122. The number of rotatable bonds is 12. The topological polar surface area (TPSA) is 74.2 Å². The monoisotopic (exact) mass is 1690 g/mol. The summed E-state index contributed by atoms with van der Waals surface area (Å²) in [7, 11) is 0. The van der Waals surface area contributed by atoms with Crippen molar-refractivity contribution >= 4 is 109 Å².